The average Bonchev–Trinajstić information content (AvgIpc) is 3.51. The molecule has 2 aromatic heterocycles. The molecule has 1 saturated carbocycles. The first-order valence-electron chi connectivity index (χ1n) is 13.1. The van der Waals surface area contributed by atoms with E-state index in [1.165, 1.54) is 18.2 Å². The molecule has 2 heterocycles. The van der Waals surface area contributed by atoms with Crippen molar-refractivity contribution in [2.24, 2.45) is 0 Å². The van der Waals surface area contributed by atoms with E-state index in [4.69, 9.17) is 9.47 Å². The van der Waals surface area contributed by atoms with Crippen LogP contribution in [0.1, 0.15) is 34.7 Å². The Morgan fingerprint density at radius 3 is 2.48 bits per heavy atom. The Hall–Kier alpha value is -4.26. The lowest BCUT2D eigenvalue weighted by Gasteiger charge is -2.41. The zero-order chi connectivity index (χ0) is 29.4. The van der Waals surface area contributed by atoms with E-state index >= 15 is 4.39 Å². The highest BCUT2D eigenvalue weighted by molar-refractivity contribution is 7.13. The van der Waals surface area contributed by atoms with Crippen LogP contribution in [0, 0.1) is 24.4 Å². The van der Waals surface area contributed by atoms with Crippen LogP contribution in [0.4, 0.5) is 13.2 Å². The molecular weight excluding hydrogens is 569 g/mol. The number of aliphatic hydroxyl groups is 1. The van der Waals surface area contributed by atoms with Gasteiger partial charge in [0.1, 0.15) is 28.6 Å². The monoisotopic (exact) mass is 594 g/mol. The summed E-state index contributed by atoms with van der Waals surface area (Å²) in [6.07, 6.45) is 1.80. The summed E-state index contributed by atoms with van der Waals surface area (Å²) in [6.45, 7) is 1.79. The third-order valence-electron chi connectivity index (χ3n) is 7.10. The smallest absolute Gasteiger partial charge is 0.350 e. The number of halogens is 3. The number of aromatic nitrogens is 4. The molecule has 0 spiro atoms. The minimum absolute atomic E-state index is 0.102. The second kappa shape index (κ2) is 11.2. The van der Waals surface area contributed by atoms with Gasteiger partial charge in [0.05, 0.1) is 30.6 Å². The van der Waals surface area contributed by atoms with Crippen molar-refractivity contribution in [1.29, 1.82) is 0 Å². The Balaban J connectivity index is 1.12. The van der Waals surface area contributed by atoms with Crippen LogP contribution >= 0.6 is 11.3 Å². The molecule has 0 saturated heterocycles. The van der Waals surface area contributed by atoms with Crippen molar-refractivity contribution in [3.63, 3.8) is 0 Å². The molecule has 0 bridgehead atoms. The third-order valence-corrected chi connectivity index (χ3v) is 8.33. The van der Waals surface area contributed by atoms with Gasteiger partial charge in [0.2, 0.25) is 5.06 Å². The molecule has 1 aliphatic rings. The molecule has 8 nitrogen and oxygen atoms in total. The predicted octanol–water partition coefficient (Wildman–Crippen LogP) is 5.62. The van der Waals surface area contributed by atoms with Crippen LogP contribution in [0.2, 0.25) is 0 Å². The maximum atomic E-state index is 15.1. The number of ether oxygens (including phenoxy) is 2. The van der Waals surface area contributed by atoms with E-state index in [1.54, 1.807) is 6.92 Å². The highest BCUT2D eigenvalue weighted by Gasteiger charge is 2.47. The highest BCUT2D eigenvalue weighted by atomic mass is 32.1. The summed E-state index contributed by atoms with van der Waals surface area (Å²) in [6, 6.07) is 17.1. The number of rotatable bonds is 9. The normalized spacial score (nSPS) is 18.2. The lowest BCUT2D eigenvalue weighted by molar-refractivity contribution is -0.149. The number of benzene rings is 3. The Bertz CT molecular complexity index is 1780. The molecule has 0 atom stereocenters. The van der Waals surface area contributed by atoms with E-state index in [-0.39, 0.29) is 29.6 Å². The van der Waals surface area contributed by atoms with Crippen molar-refractivity contribution in [2.45, 2.75) is 44.6 Å². The van der Waals surface area contributed by atoms with Gasteiger partial charge in [0.15, 0.2) is 11.6 Å². The average molecular weight is 595 g/mol. The Morgan fingerprint density at radius 1 is 1.02 bits per heavy atom. The molecule has 3 aromatic carbocycles. The largest absolute Gasteiger partial charge is 0.442 e. The van der Waals surface area contributed by atoms with Crippen molar-refractivity contribution in [2.75, 3.05) is 0 Å². The van der Waals surface area contributed by atoms with Crippen LogP contribution in [-0.4, -0.2) is 30.5 Å². The number of thiazole rings is 1. The first kappa shape index (κ1) is 27.9. The van der Waals surface area contributed by atoms with Crippen LogP contribution < -0.4 is 10.4 Å². The molecule has 5 aromatic rings. The van der Waals surface area contributed by atoms with Gasteiger partial charge in [-0.25, -0.2) is 22.9 Å². The van der Waals surface area contributed by atoms with E-state index in [0.717, 1.165) is 50.7 Å². The summed E-state index contributed by atoms with van der Waals surface area (Å²) in [5.41, 5.74) is -0.478. The molecular formula is C30H25F3N4O4S. The Morgan fingerprint density at radius 2 is 1.76 bits per heavy atom. The molecule has 0 radical (unpaired) electrons. The van der Waals surface area contributed by atoms with Crippen molar-refractivity contribution >= 4 is 11.3 Å². The van der Waals surface area contributed by atoms with Gasteiger partial charge in [0, 0.05) is 24.5 Å². The van der Waals surface area contributed by atoms with Crippen molar-refractivity contribution in [3.8, 4) is 16.5 Å². The number of hydrogen-bond donors (Lipinski definition) is 1. The second-order valence-electron chi connectivity index (χ2n) is 10.1. The molecule has 0 amide bonds. The SMILES string of the molecule is Cc1nc(C2(O)CC(OCc3ccccc3)C2)sc1Oc1ccc(-n2ncn(Cc3c(F)cccc3F)c2=O)cc1F. The minimum Gasteiger partial charge on any atom is -0.442 e. The second-order valence-corrected chi connectivity index (χ2v) is 11.1. The van der Waals surface area contributed by atoms with Crippen molar-refractivity contribution in [3.05, 3.63) is 123 Å². The van der Waals surface area contributed by atoms with Crippen molar-refractivity contribution in [1.82, 2.24) is 19.3 Å². The van der Waals surface area contributed by atoms with Crippen LogP contribution in [0.25, 0.3) is 5.69 Å². The molecule has 1 N–H and O–H groups in total. The van der Waals surface area contributed by atoms with E-state index < -0.39 is 28.7 Å². The van der Waals surface area contributed by atoms with Crippen LogP contribution in [0.3, 0.4) is 0 Å². The Labute approximate surface area is 242 Å². The summed E-state index contributed by atoms with van der Waals surface area (Å²) in [7, 11) is 0. The standard InChI is InChI=1S/C30H25F3N4O4S/c1-18-27(42-28(35-18)30(39)13-21(14-30)40-16-19-6-3-2-4-7-19)41-26-11-10-20(12-25(26)33)37-29(38)36(17-34-37)15-22-23(31)8-5-9-24(22)32/h2-12,17,21,39H,13-16H2,1H3. The molecule has 216 valence electrons. The minimum atomic E-state index is -1.15. The van der Waals surface area contributed by atoms with Gasteiger partial charge in [-0.2, -0.15) is 9.78 Å². The van der Waals surface area contributed by atoms with E-state index in [0.29, 0.717) is 35.2 Å². The van der Waals surface area contributed by atoms with Crippen molar-refractivity contribution < 1.29 is 27.8 Å². The number of hydrogen-bond acceptors (Lipinski definition) is 7. The van der Waals surface area contributed by atoms with E-state index in [1.807, 2.05) is 30.3 Å². The quantitative estimate of drug-likeness (QED) is 0.238. The zero-order valence-electron chi connectivity index (χ0n) is 22.3. The van der Waals surface area contributed by atoms with E-state index in [9.17, 15) is 18.7 Å². The summed E-state index contributed by atoms with van der Waals surface area (Å²) in [4.78, 5) is 17.3. The van der Waals surface area contributed by atoms with Gasteiger partial charge in [-0.3, -0.25) is 4.57 Å². The summed E-state index contributed by atoms with van der Waals surface area (Å²) >= 11 is 1.13. The van der Waals surface area contributed by atoms with Crippen LogP contribution in [-0.2, 0) is 23.5 Å². The maximum absolute atomic E-state index is 15.1. The lowest BCUT2D eigenvalue weighted by Crippen LogP contribution is -2.45. The summed E-state index contributed by atoms with van der Waals surface area (Å²) < 4.78 is 56.8. The van der Waals surface area contributed by atoms with Gasteiger partial charge in [-0.15, -0.1) is 0 Å². The fraction of sp³-hybridized carbons (Fsp3) is 0.233. The van der Waals surface area contributed by atoms with Crippen LogP contribution in [0.15, 0.2) is 77.9 Å². The first-order valence-corrected chi connectivity index (χ1v) is 13.9. The molecule has 1 fully saturated rings. The number of nitrogens with zero attached hydrogens (tertiary/aromatic N) is 4. The van der Waals surface area contributed by atoms with Gasteiger partial charge >= 0.3 is 5.69 Å². The van der Waals surface area contributed by atoms with Gasteiger partial charge in [-0.05, 0) is 36.8 Å². The third kappa shape index (κ3) is 5.48. The number of aryl methyl sites for hydroxylation is 1. The maximum Gasteiger partial charge on any atom is 0.350 e. The zero-order valence-corrected chi connectivity index (χ0v) is 23.2. The van der Waals surface area contributed by atoms with Gasteiger partial charge in [0.25, 0.3) is 0 Å². The summed E-state index contributed by atoms with van der Waals surface area (Å²) in [5, 5.41) is 15.8. The molecule has 12 heteroatoms. The molecule has 0 unspecified atom stereocenters. The fourth-order valence-corrected chi connectivity index (χ4v) is 5.77. The predicted molar refractivity (Wildman–Crippen MR) is 148 cm³/mol. The fourth-order valence-electron chi connectivity index (χ4n) is 4.73. The van der Waals surface area contributed by atoms with Gasteiger partial charge < -0.3 is 14.6 Å². The highest BCUT2D eigenvalue weighted by Crippen LogP contribution is 2.47. The molecule has 42 heavy (non-hydrogen) atoms. The topological polar surface area (TPSA) is 91.4 Å². The van der Waals surface area contributed by atoms with Gasteiger partial charge in [-0.1, -0.05) is 47.7 Å². The Kier molecular flexibility index (Phi) is 7.43. The molecule has 6 rings (SSSR count). The molecule has 1 aliphatic carbocycles. The summed E-state index contributed by atoms with van der Waals surface area (Å²) in [5.74, 6) is -2.45. The van der Waals surface area contributed by atoms with E-state index in [2.05, 4.69) is 10.1 Å². The molecule has 0 aliphatic heterocycles. The first-order chi connectivity index (χ1) is 20.2. The van der Waals surface area contributed by atoms with Crippen LogP contribution in [0.5, 0.6) is 10.8 Å². The lowest BCUT2D eigenvalue weighted by atomic mass is 9.78.